The van der Waals surface area contributed by atoms with E-state index in [0.29, 0.717) is 22.5 Å². The maximum absolute atomic E-state index is 13.7. The summed E-state index contributed by atoms with van der Waals surface area (Å²) in [6, 6.07) is 11.7. The molecule has 0 aliphatic carbocycles. The second-order valence-electron chi connectivity index (χ2n) is 6.45. The number of nitrogens with zero attached hydrogens (tertiary/aromatic N) is 2. The smallest absolute Gasteiger partial charge is 0.250 e. The quantitative estimate of drug-likeness (QED) is 0.770. The minimum atomic E-state index is -3.68. The first-order valence-corrected chi connectivity index (χ1v) is 12.0. The van der Waals surface area contributed by atoms with E-state index in [2.05, 4.69) is 9.82 Å². The largest absolute Gasteiger partial charge is 0.284 e. The Labute approximate surface area is 164 Å². The highest BCUT2D eigenvalue weighted by molar-refractivity contribution is 7.92. The summed E-state index contributed by atoms with van der Waals surface area (Å²) >= 11 is 0. The van der Waals surface area contributed by atoms with Crippen molar-refractivity contribution in [3.8, 4) is 0 Å². The Morgan fingerprint density at radius 2 is 1.86 bits per heavy atom. The fraction of sp³-hybridized carbons (Fsp3) is 0.278. The second-order valence-corrected chi connectivity index (χ2v) is 10.3. The number of rotatable bonds is 6. The van der Waals surface area contributed by atoms with Crippen LogP contribution in [0, 0.1) is 5.82 Å². The zero-order valence-electron chi connectivity index (χ0n) is 15.3. The number of halogens is 1. The SMILES string of the molecule is CCS(=O)(=O)N1N=C(c2cccc(NS(C)(=O)=O)c2)C[C@H]1c1cccc(F)c1. The molecule has 2 aromatic rings. The zero-order chi connectivity index (χ0) is 20.5. The maximum atomic E-state index is 13.7. The lowest BCUT2D eigenvalue weighted by molar-refractivity contribution is 0.371. The summed E-state index contributed by atoms with van der Waals surface area (Å²) in [5.74, 6) is -0.607. The molecule has 1 aliphatic heterocycles. The van der Waals surface area contributed by atoms with Crippen molar-refractivity contribution in [1.29, 1.82) is 0 Å². The minimum Gasteiger partial charge on any atom is -0.284 e. The van der Waals surface area contributed by atoms with Crippen LogP contribution < -0.4 is 4.72 Å². The lowest BCUT2D eigenvalue weighted by Crippen LogP contribution is -2.28. The van der Waals surface area contributed by atoms with Crippen LogP contribution in [0.25, 0.3) is 0 Å². The van der Waals surface area contributed by atoms with Gasteiger partial charge in [0.25, 0.3) is 0 Å². The van der Waals surface area contributed by atoms with Crippen molar-refractivity contribution in [2.24, 2.45) is 5.10 Å². The molecule has 28 heavy (non-hydrogen) atoms. The van der Waals surface area contributed by atoms with Gasteiger partial charge in [0.05, 0.1) is 23.8 Å². The van der Waals surface area contributed by atoms with Gasteiger partial charge in [0, 0.05) is 12.1 Å². The van der Waals surface area contributed by atoms with E-state index in [1.54, 1.807) is 30.3 Å². The molecule has 0 fully saturated rings. The molecule has 7 nitrogen and oxygen atoms in total. The summed E-state index contributed by atoms with van der Waals surface area (Å²) in [5.41, 5.74) is 1.91. The Morgan fingerprint density at radius 3 is 2.50 bits per heavy atom. The van der Waals surface area contributed by atoms with E-state index in [-0.39, 0.29) is 12.2 Å². The molecule has 0 saturated carbocycles. The molecular formula is C18H20FN3O4S2. The highest BCUT2D eigenvalue weighted by Gasteiger charge is 2.36. The van der Waals surface area contributed by atoms with E-state index in [1.165, 1.54) is 25.1 Å². The third-order valence-electron chi connectivity index (χ3n) is 4.25. The number of benzene rings is 2. The first kappa shape index (κ1) is 20.3. The molecule has 0 spiro atoms. The fourth-order valence-electron chi connectivity index (χ4n) is 2.99. The van der Waals surface area contributed by atoms with Crippen LogP contribution in [0.4, 0.5) is 10.1 Å². The van der Waals surface area contributed by atoms with Gasteiger partial charge in [-0.2, -0.15) is 9.52 Å². The Kier molecular flexibility index (Phi) is 5.44. The third kappa shape index (κ3) is 4.50. The van der Waals surface area contributed by atoms with Gasteiger partial charge in [0.15, 0.2) is 0 Å². The number of hydrogen-bond donors (Lipinski definition) is 1. The van der Waals surface area contributed by atoms with Gasteiger partial charge in [0.2, 0.25) is 20.0 Å². The van der Waals surface area contributed by atoms with Crippen LogP contribution in [-0.2, 0) is 20.0 Å². The third-order valence-corrected chi connectivity index (χ3v) is 6.50. The predicted molar refractivity (Wildman–Crippen MR) is 107 cm³/mol. The standard InChI is InChI=1S/C18H20FN3O4S2/c1-3-28(25,26)22-18(14-7-4-8-15(19)10-14)12-17(20-22)13-6-5-9-16(11-13)21-27(2,23)24/h4-11,18,21H,3,12H2,1-2H3/t18-/m0/s1. The van der Waals surface area contributed by atoms with Gasteiger partial charge in [-0.15, -0.1) is 0 Å². The summed E-state index contributed by atoms with van der Waals surface area (Å²) in [4.78, 5) is 0. The summed E-state index contributed by atoms with van der Waals surface area (Å²) in [6.07, 6.45) is 1.29. The zero-order valence-corrected chi connectivity index (χ0v) is 17.0. The van der Waals surface area contributed by atoms with Crippen LogP contribution in [0.1, 0.15) is 30.5 Å². The number of anilines is 1. The first-order chi connectivity index (χ1) is 13.1. The van der Waals surface area contributed by atoms with E-state index in [9.17, 15) is 21.2 Å². The molecule has 0 saturated heterocycles. The van der Waals surface area contributed by atoms with Crippen LogP contribution in [0.3, 0.4) is 0 Å². The number of hydrazone groups is 1. The summed E-state index contributed by atoms with van der Waals surface area (Å²) in [6.45, 7) is 1.52. The molecule has 0 radical (unpaired) electrons. The fourth-order valence-corrected chi connectivity index (χ4v) is 4.62. The van der Waals surface area contributed by atoms with E-state index in [4.69, 9.17) is 0 Å². The molecule has 0 amide bonds. The van der Waals surface area contributed by atoms with Gasteiger partial charge in [-0.1, -0.05) is 24.3 Å². The molecule has 150 valence electrons. The van der Waals surface area contributed by atoms with Crippen molar-refractivity contribution in [1.82, 2.24) is 4.41 Å². The van der Waals surface area contributed by atoms with Gasteiger partial charge in [-0.25, -0.2) is 21.2 Å². The maximum Gasteiger partial charge on any atom is 0.250 e. The van der Waals surface area contributed by atoms with E-state index in [1.807, 2.05) is 0 Å². The van der Waals surface area contributed by atoms with Crippen LogP contribution in [-0.4, -0.2) is 39.0 Å². The van der Waals surface area contributed by atoms with Crippen LogP contribution >= 0.6 is 0 Å². The van der Waals surface area contributed by atoms with Gasteiger partial charge in [-0.05, 0) is 42.3 Å². The Hall–Kier alpha value is -2.46. The predicted octanol–water partition coefficient (Wildman–Crippen LogP) is 2.70. The first-order valence-electron chi connectivity index (χ1n) is 8.52. The minimum absolute atomic E-state index is 0.148. The van der Waals surface area contributed by atoms with Crippen LogP contribution in [0.5, 0.6) is 0 Å². The number of sulfonamides is 2. The molecule has 1 aliphatic rings. The number of nitrogens with one attached hydrogen (secondary N) is 1. The van der Waals surface area contributed by atoms with Gasteiger partial charge >= 0.3 is 0 Å². The molecular weight excluding hydrogens is 405 g/mol. The van der Waals surface area contributed by atoms with Crippen molar-refractivity contribution in [3.63, 3.8) is 0 Å². The summed E-state index contributed by atoms with van der Waals surface area (Å²) in [7, 11) is -7.13. The normalized spacial score (nSPS) is 17.5. The van der Waals surface area contributed by atoms with Gasteiger partial charge in [0.1, 0.15) is 5.82 Å². The van der Waals surface area contributed by atoms with Crippen molar-refractivity contribution >= 4 is 31.4 Å². The van der Waals surface area contributed by atoms with Crippen molar-refractivity contribution in [2.45, 2.75) is 19.4 Å². The molecule has 1 N–H and O–H groups in total. The van der Waals surface area contributed by atoms with E-state index >= 15 is 0 Å². The molecule has 10 heteroatoms. The van der Waals surface area contributed by atoms with Crippen LogP contribution in [0.15, 0.2) is 53.6 Å². The Bertz CT molecular complexity index is 1130. The molecule has 0 aromatic heterocycles. The highest BCUT2D eigenvalue weighted by atomic mass is 32.2. The van der Waals surface area contributed by atoms with E-state index in [0.717, 1.165) is 10.7 Å². The van der Waals surface area contributed by atoms with Gasteiger partial charge in [-0.3, -0.25) is 4.72 Å². The monoisotopic (exact) mass is 425 g/mol. The number of hydrogen-bond acceptors (Lipinski definition) is 5. The van der Waals surface area contributed by atoms with Gasteiger partial charge < -0.3 is 0 Å². The molecule has 0 bridgehead atoms. The lowest BCUT2D eigenvalue weighted by atomic mass is 9.99. The van der Waals surface area contributed by atoms with E-state index < -0.39 is 31.9 Å². The highest BCUT2D eigenvalue weighted by Crippen LogP contribution is 2.35. The van der Waals surface area contributed by atoms with Crippen molar-refractivity contribution in [2.75, 3.05) is 16.7 Å². The summed E-state index contributed by atoms with van der Waals surface area (Å²) < 4.78 is 65.1. The molecule has 3 rings (SSSR count). The van der Waals surface area contributed by atoms with Crippen molar-refractivity contribution < 1.29 is 21.2 Å². The molecule has 1 atom stereocenters. The topological polar surface area (TPSA) is 95.9 Å². The summed E-state index contributed by atoms with van der Waals surface area (Å²) in [5, 5.41) is 4.29. The van der Waals surface area contributed by atoms with Crippen LogP contribution in [0.2, 0.25) is 0 Å². The molecule has 2 aromatic carbocycles. The molecule has 0 unspecified atom stereocenters. The average molecular weight is 426 g/mol. The second kappa shape index (κ2) is 7.51. The Balaban J connectivity index is 2.01. The molecule has 1 heterocycles. The Morgan fingerprint density at radius 1 is 1.14 bits per heavy atom. The lowest BCUT2D eigenvalue weighted by Gasteiger charge is -2.22. The average Bonchev–Trinajstić information content (AvgIpc) is 3.07. The van der Waals surface area contributed by atoms with Crippen molar-refractivity contribution in [3.05, 3.63) is 65.5 Å².